The molecule has 0 fully saturated rings. The quantitative estimate of drug-likeness (QED) is 0.271. The molecule has 0 N–H and O–H groups in total. The molecule has 0 saturated heterocycles. The number of benzene rings is 4. The molecule has 176 valence electrons. The molecule has 4 aromatic rings. The van der Waals surface area contributed by atoms with E-state index in [1.54, 1.807) is 0 Å². The van der Waals surface area contributed by atoms with Gasteiger partial charge in [0.25, 0.3) is 0 Å². The van der Waals surface area contributed by atoms with E-state index in [0.717, 1.165) is 0 Å². The lowest BCUT2D eigenvalue weighted by molar-refractivity contribution is 0.303. The van der Waals surface area contributed by atoms with E-state index in [1.165, 1.54) is 63.8 Å². The molecule has 2 atom stereocenters. The second kappa shape index (κ2) is 8.23. The normalized spacial score (nSPS) is 17.7. The summed E-state index contributed by atoms with van der Waals surface area (Å²) in [7, 11) is 0. The summed E-state index contributed by atoms with van der Waals surface area (Å²) in [5.41, 5.74) is 11.9. The molecular weight excluding hydrogens is 420 g/mol. The smallest absolute Gasteiger partial charge is 0.0189 e. The van der Waals surface area contributed by atoms with E-state index in [-0.39, 0.29) is 10.8 Å². The molecule has 0 radical (unpaired) electrons. The third-order valence-electron chi connectivity index (χ3n) is 8.98. The van der Waals surface area contributed by atoms with Crippen molar-refractivity contribution in [2.24, 2.45) is 11.8 Å². The molecule has 0 unspecified atom stereocenters. The van der Waals surface area contributed by atoms with Crippen LogP contribution >= 0.6 is 0 Å². The number of rotatable bonds is 6. The molecule has 0 spiro atoms. The van der Waals surface area contributed by atoms with Crippen molar-refractivity contribution in [3.63, 3.8) is 0 Å². The largest absolute Gasteiger partial charge is 0.0625 e. The van der Waals surface area contributed by atoms with E-state index >= 15 is 0 Å². The summed E-state index contributed by atoms with van der Waals surface area (Å²) in [4.78, 5) is 0. The van der Waals surface area contributed by atoms with Gasteiger partial charge in [-0.15, -0.1) is 0 Å². The van der Waals surface area contributed by atoms with Crippen molar-refractivity contribution in [3.8, 4) is 22.3 Å². The van der Waals surface area contributed by atoms with Crippen LogP contribution in [-0.2, 0) is 10.8 Å². The zero-order valence-electron chi connectivity index (χ0n) is 21.5. The summed E-state index contributed by atoms with van der Waals surface area (Å²) < 4.78 is 0. The third-order valence-corrected chi connectivity index (χ3v) is 8.98. The van der Waals surface area contributed by atoms with Gasteiger partial charge >= 0.3 is 0 Å². The van der Waals surface area contributed by atoms with Crippen LogP contribution < -0.4 is 0 Å². The van der Waals surface area contributed by atoms with Crippen LogP contribution in [0.5, 0.6) is 0 Å². The highest BCUT2D eigenvalue weighted by Gasteiger charge is 2.42. The van der Waals surface area contributed by atoms with E-state index in [4.69, 9.17) is 0 Å². The van der Waals surface area contributed by atoms with Gasteiger partial charge in [0.1, 0.15) is 0 Å². The molecule has 0 amide bonds. The Morgan fingerprint density at radius 3 is 1.00 bits per heavy atom. The lowest BCUT2D eigenvalue weighted by Crippen LogP contribution is -2.27. The lowest BCUT2D eigenvalue weighted by atomic mass is 9.69. The first-order valence-corrected chi connectivity index (χ1v) is 13.3. The molecule has 2 aliphatic rings. The summed E-state index contributed by atoms with van der Waals surface area (Å²) in [6.07, 6.45) is 3.63. The van der Waals surface area contributed by atoms with Crippen LogP contribution in [0.2, 0.25) is 0 Å². The molecule has 0 heteroatoms. The van der Waals surface area contributed by atoms with Crippen molar-refractivity contribution in [2.45, 2.75) is 57.8 Å². The molecule has 0 bridgehead atoms. The maximum absolute atomic E-state index is 2.48. The van der Waals surface area contributed by atoms with Crippen LogP contribution in [0.3, 0.4) is 0 Å². The zero-order chi connectivity index (χ0) is 24.2. The number of fused-ring (bicyclic) bond motifs is 6. The van der Waals surface area contributed by atoms with Crippen molar-refractivity contribution in [2.75, 3.05) is 0 Å². The van der Waals surface area contributed by atoms with Crippen molar-refractivity contribution < 1.29 is 0 Å². The molecular formula is C35H36. The van der Waals surface area contributed by atoms with Crippen molar-refractivity contribution in [1.29, 1.82) is 0 Å². The van der Waals surface area contributed by atoms with E-state index in [2.05, 4.69) is 125 Å². The zero-order valence-corrected chi connectivity index (χ0v) is 21.5. The molecule has 35 heavy (non-hydrogen) atoms. The van der Waals surface area contributed by atoms with Crippen LogP contribution in [0.4, 0.5) is 0 Å². The minimum Gasteiger partial charge on any atom is -0.0625 e. The summed E-state index contributed by atoms with van der Waals surface area (Å²) in [5.74, 6) is 1.29. The first-order chi connectivity index (χ1) is 16.9. The first kappa shape index (κ1) is 22.4. The van der Waals surface area contributed by atoms with Crippen LogP contribution in [0, 0.1) is 11.8 Å². The highest BCUT2D eigenvalue weighted by Crippen LogP contribution is 2.54. The minimum atomic E-state index is 0.0861. The average Bonchev–Trinajstić information content (AvgIpc) is 3.26. The molecule has 0 nitrogen and oxygen atoms in total. The predicted molar refractivity (Wildman–Crippen MR) is 149 cm³/mol. The Hall–Kier alpha value is -3.12. The molecule has 4 aromatic carbocycles. The SMILES string of the molecule is C[C@H](C[C@@H](C)CC1(C)c2ccccc2-c2ccccc21)CC1(C)c2ccccc2-c2ccccc21. The van der Waals surface area contributed by atoms with Gasteiger partial charge in [-0.3, -0.25) is 0 Å². The Bertz CT molecular complexity index is 1190. The summed E-state index contributed by atoms with van der Waals surface area (Å²) in [6, 6.07) is 36.3. The molecule has 0 aliphatic heterocycles. The van der Waals surface area contributed by atoms with E-state index < -0.39 is 0 Å². The summed E-state index contributed by atoms with van der Waals surface area (Å²) >= 11 is 0. The van der Waals surface area contributed by atoms with E-state index in [1.807, 2.05) is 0 Å². The molecule has 0 heterocycles. The fourth-order valence-corrected chi connectivity index (χ4v) is 7.77. The van der Waals surface area contributed by atoms with Crippen LogP contribution in [0.25, 0.3) is 22.3 Å². The van der Waals surface area contributed by atoms with E-state index in [9.17, 15) is 0 Å². The Labute approximate surface area is 211 Å². The molecule has 2 aliphatic carbocycles. The molecule has 0 aromatic heterocycles. The average molecular weight is 457 g/mol. The Morgan fingerprint density at radius 1 is 0.457 bits per heavy atom. The lowest BCUT2D eigenvalue weighted by Gasteiger charge is -2.34. The highest BCUT2D eigenvalue weighted by molar-refractivity contribution is 5.81. The van der Waals surface area contributed by atoms with Gasteiger partial charge in [0.15, 0.2) is 0 Å². The molecule has 6 rings (SSSR count). The maximum Gasteiger partial charge on any atom is 0.0189 e. The number of hydrogen-bond donors (Lipinski definition) is 0. The minimum absolute atomic E-state index is 0.0861. The summed E-state index contributed by atoms with van der Waals surface area (Å²) in [6.45, 7) is 9.90. The van der Waals surface area contributed by atoms with Crippen molar-refractivity contribution in [3.05, 3.63) is 119 Å². The van der Waals surface area contributed by atoms with Gasteiger partial charge in [0.2, 0.25) is 0 Å². The van der Waals surface area contributed by atoms with Crippen LogP contribution in [0.1, 0.15) is 69.2 Å². The second-order valence-electron chi connectivity index (χ2n) is 11.7. The Kier molecular flexibility index (Phi) is 5.26. The fraction of sp³-hybridized carbons (Fsp3) is 0.314. The highest BCUT2D eigenvalue weighted by atomic mass is 14.4. The van der Waals surface area contributed by atoms with Gasteiger partial charge < -0.3 is 0 Å². The van der Waals surface area contributed by atoms with E-state index in [0.29, 0.717) is 11.8 Å². The predicted octanol–water partition coefficient (Wildman–Crippen LogP) is 9.40. The Morgan fingerprint density at radius 2 is 0.714 bits per heavy atom. The third kappa shape index (κ3) is 3.41. The first-order valence-electron chi connectivity index (χ1n) is 13.3. The summed E-state index contributed by atoms with van der Waals surface area (Å²) in [5, 5.41) is 0. The monoisotopic (exact) mass is 456 g/mol. The van der Waals surface area contributed by atoms with Crippen molar-refractivity contribution in [1.82, 2.24) is 0 Å². The Balaban J connectivity index is 1.25. The number of hydrogen-bond acceptors (Lipinski definition) is 0. The standard InChI is InChI=1S/C35H36/c1-24(22-34(3)30-17-9-5-13-26(30)27-14-6-10-18-31(27)34)21-25(2)23-35(4)32-19-11-7-15-28(32)29-16-8-12-20-33(29)35/h5-20,24-25H,21-23H2,1-4H3/t24-,25-/m1/s1. The van der Waals surface area contributed by atoms with Gasteiger partial charge in [-0.2, -0.15) is 0 Å². The van der Waals surface area contributed by atoms with Crippen LogP contribution in [-0.4, -0.2) is 0 Å². The van der Waals surface area contributed by atoms with Crippen molar-refractivity contribution >= 4 is 0 Å². The van der Waals surface area contributed by atoms with Gasteiger partial charge in [-0.25, -0.2) is 0 Å². The maximum atomic E-state index is 2.48. The van der Waals surface area contributed by atoms with Gasteiger partial charge in [-0.05, 0) is 75.6 Å². The fourth-order valence-electron chi connectivity index (χ4n) is 7.77. The van der Waals surface area contributed by atoms with Crippen LogP contribution in [0.15, 0.2) is 97.1 Å². The topological polar surface area (TPSA) is 0 Å². The van der Waals surface area contributed by atoms with Gasteiger partial charge in [-0.1, -0.05) is 125 Å². The van der Waals surface area contributed by atoms with Gasteiger partial charge in [0, 0.05) is 10.8 Å². The molecule has 0 saturated carbocycles. The second-order valence-corrected chi connectivity index (χ2v) is 11.7. The van der Waals surface area contributed by atoms with Gasteiger partial charge in [0.05, 0.1) is 0 Å².